The highest BCUT2D eigenvalue weighted by Crippen LogP contribution is 2.64. The van der Waals surface area contributed by atoms with Gasteiger partial charge < -0.3 is 9.80 Å². The van der Waals surface area contributed by atoms with Crippen molar-refractivity contribution in [1.82, 2.24) is 0 Å². The van der Waals surface area contributed by atoms with Gasteiger partial charge in [0.15, 0.2) is 0 Å². The quantitative estimate of drug-likeness (QED) is 0.150. The molecule has 0 unspecified atom stereocenters. The van der Waals surface area contributed by atoms with Crippen molar-refractivity contribution < 1.29 is 0 Å². The number of para-hydroxylation sites is 3. The second-order valence-electron chi connectivity index (χ2n) is 18.0. The third kappa shape index (κ3) is 6.72. The zero-order valence-electron chi connectivity index (χ0n) is 38.0. The summed E-state index contributed by atoms with van der Waals surface area (Å²) in [6.07, 6.45) is 0. The van der Waals surface area contributed by atoms with Gasteiger partial charge in [-0.15, -0.1) is 0 Å². The van der Waals surface area contributed by atoms with Crippen LogP contribution in [0.2, 0.25) is 0 Å². The van der Waals surface area contributed by atoms with Crippen molar-refractivity contribution in [3.05, 3.63) is 301 Å². The molecule has 1 spiro atoms. The summed E-state index contributed by atoms with van der Waals surface area (Å²) in [5.74, 6) is 0. The fourth-order valence-corrected chi connectivity index (χ4v) is 11.1. The maximum Gasteiger partial charge on any atom is 0.0755 e. The molecule has 1 aliphatic heterocycles. The van der Waals surface area contributed by atoms with E-state index < -0.39 is 5.41 Å². The van der Waals surface area contributed by atoms with Gasteiger partial charge in [0.05, 0.1) is 16.8 Å². The van der Waals surface area contributed by atoms with Gasteiger partial charge in [0.25, 0.3) is 0 Å². The van der Waals surface area contributed by atoms with Crippen LogP contribution in [-0.4, -0.2) is 0 Å². The molecule has 0 saturated heterocycles. The van der Waals surface area contributed by atoms with E-state index in [4.69, 9.17) is 0 Å². The minimum absolute atomic E-state index is 0.572. The van der Waals surface area contributed by atoms with Crippen molar-refractivity contribution in [2.24, 2.45) is 0 Å². The van der Waals surface area contributed by atoms with Gasteiger partial charge in [-0.3, -0.25) is 0 Å². The first-order chi connectivity index (χ1) is 34.2. The Labute approximate surface area is 404 Å². The van der Waals surface area contributed by atoms with Gasteiger partial charge in [-0.25, -0.2) is 0 Å². The number of nitrogens with zero attached hydrogens (tertiary/aromatic N) is 2. The van der Waals surface area contributed by atoms with Crippen molar-refractivity contribution in [3.8, 4) is 55.6 Å². The van der Waals surface area contributed by atoms with E-state index in [1.807, 2.05) is 0 Å². The Morgan fingerprint density at radius 3 is 1.04 bits per heavy atom. The summed E-state index contributed by atoms with van der Waals surface area (Å²) in [5.41, 5.74) is 23.5. The maximum atomic E-state index is 2.48. The van der Waals surface area contributed by atoms with Gasteiger partial charge in [-0.1, -0.05) is 218 Å². The SMILES string of the molecule is c1ccc(-c2ccc(-c3ccc(N(c4ccc(-c5ccc(-c6ccccc6)cc5)cc4)c4ccc5c(c4)C4(c6ccccc6-5)c5ccccc5N(c5ccccc5)c5ccccc54)cc3)cc2)cc1. The second kappa shape index (κ2) is 16.7. The first-order valence-corrected chi connectivity index (χ1v) is 23.8. The summed E-state index contributed by atoms with van der Waals surface area (Å²) in [6.45, 7) is 0. The van der Waals surface area contributed by atoms with Crippen molar-refractivity contribution in [3.63, 3.8) is 0 Å². The van der Waals surface area contributed by atoms with Crippen molar-refractivity contribution in [2.75, 3.05) is 9.80 Å². The first kappa shape index (κ1) is 40.3. The fourth-order valence-electron chi connectivity index (χ4n) is 11.1. The zero-order valence-corrected chi connectivity index (χ0v) is 38.0. The summed E-state index contributed by atoms with van der Waals surface area (Å²) in [7, 11) is 0. The molecule has 324 valence electrons. The highest BCUT2D eigenvalue weighted by atomic mass is 15.2. The van der Waals surface area contributed by atoms with E-state index in [2.05, 4.69) is 289 Å². The lowest BCUT2D eigenvalue weighted by molar-refractivity contribution is 0.752. The van der Waals surface area contributed by atoms with E-state index in [0.29, 0.717) is 0 Å². The molecule has 0 N–H and O–H groups in total. The molecule has 69 heavy (non-hydrogen) atoms. The van der Waals surface area contributed by atoms with E-state index in [9.17, 15) is 0 Å². The Bertz CT molecular complexity index is 3450. The third-order valence-electron chi connectivity index (χ3n) is 14.3. The van der Waals surface area contributed by atoms with E-state index >= 15 is 0 Å². The highest BCUT2D eigenvalue weighted by molar-refractivity contribution is 5.97. The monoisotopic (exact) mass is 878 g/mol. The Hall–Kier alpha value is -8.98. The Balaban J connectivity index is 0.959. The van der Waals surface area contributed by atoms with Crippen molar-refractivity contribution in [1.29, 1.82) is 0 Å². The van der Waals surface area contributed by atoms with Crippen LogP contribution >= 0.6 is 0 Å². The van der Waals surface area contributed by atoms with E-state index in [0.717, 1.165) is 22.7 Å². The van der Waals surface area contributed by atoms with Crippen LogP contribution in [-0.2, 0) is 5.41 Å². The molecule has 1 aliphatic carbocycles. The third-order valence-corrected chi connectivity index (χ3v) is 14.3. The van der Waals surface area contributed by atoms with Gasteiger partial charge in [-0.05, 0) is 139 Å². The Morgan fingerprint density at radius 1 is 0.246 bits per heavy atom. The number of rotatable bonds is 8. The molecule has 13 rings (SSSR count). The Kier molecular flexibility index (Phi) is 9.77. The number of fused-ring (bicyclic) bond motifs is 9. The van der Waals surface area contributed by atoms with Gasteiger partial charge in [0.2, 0.25) is 0 Å². The van der Waals surface area contributed by atoms with Crippen LogP contribution in [0.4, 0.5) is 34.1 Å². The van der Waals surface area contributed by atoms with E-state index in [1.165, 1.54) is 89.3 Å². The van der Waals surface area contributed by atoms with Gasteiger partial charge >= 0.3 is 0 Å². The molecular formula is C67H46N2. The molecule has 2 heteroatoms. The van der Waals surface area contributed by atoms with Gasteiger partial charge in [-0.2, -0.15) is 0 Å². The molecule has 2 nitrogen and oxygen atoms in total. The summed E-state index contributed by atoms with van der Waals surface area (Å²) in [6, 6.07) is 102. The van der Waals surface area contributed by atoms with Crippen LogP contribution in [0.3, 0.4) is 0 Å². The lowest BCUT2D eigenvalue weighted by Gasteiger charge is -2.45. The predicted octanol–water partition coefficient (Wildman–Crippen LogP) is 18.0. The second-order valence-corrected chi connectivity index (χ2v) is 18.0. The van der Waals surface area contributed by atoms with Crippen LogP contribution in [0.25, 0.3) is 55.6 Å². The molecule has 1 heterocycles. The molecule has 0 radical (unpaired) electrons. The summed E-state index contributed by atoms with van der Waals surface area (Å²) in [5, 5.41) is 0. The minimum atomic E-state index is -0.572. The molecule has 0 bridgehead atoms. The molecule has 11 aromatic rings. The number of hydrogen-bond acceptors (Lipinski definition) is 2. The molecule has 0 atom stereocenters. The van der Waals surface area contributed by atoms with Gasteiger partial charge in [0.1, 0.15) is 0 Å². The van der Waals surface area contributed by atoms with E-state index in [1.54, 1.807) is 0 Å². The normalized spacial score (nSPS) is 12.7. The van der Waals surface area contributed by atoms with Crippen LogP contribution in [0.5, 0.6) is 0 Å². The minimum Gasteiger partial charge on any atom is -0.310 e. The molecular weight excluding hydrogens is 833 g/mol. The summed E-state index contributed by atoms with van der Waals surface area (Å²) in [4.78, 5) is 4.87. The van der Waals surface area contributed by atoms with E-state index in [-0.39, 0.29) is 0 Å². The standard InChI is InChI=1S/C67H46N2/c1-4-16-47(17-5-1)49-28-32-51(33-29-49)53-36-40-56(41-37-53)68(57-42-38-54(39-43-57)52-34-30-50(31-35-52)48-18-6-2-7-19-48)58-44-45-60-59-22-10-11-23-61(59)67(64(60)46-58)62-24-12-14-26-65(62)69(55-20-8-3-9-21-55)66-27-15-13-25-63(66)67/h1-46H. The summed E-state index contributed by atoms with van der Waals surface area (Å²) < 4.78 is 0. The Morgan fingerprint density at radius 2 is 0.580 bits per heavy atom. The average molecular weight is 879 g/mol. The number of anilines is 6. The molecule has 0 saturated carbocycles. The number of benzene rings is 11. The van der Waals surface area contributed by atoms with Crippen LogP contribution in [0, 0.1) is 0 Å². The highest BCUT2D eigenvalue weighted by Gasteiger charge is 2.51. The zero-order chi connectivity index (χ0) is 45.7. The number of hydrogen-bond donors (Lipinski definition) is 0. The largest absolute Gasteiger partial charge is 0.310 e. The van der Waals surface area contributed by atoms with Crippen LogP contribution in [0.1, 0.15) is 22.3 Å². The molecule has 11 aromatic carbocycles. The lowest BCUT2D eigenvalue weighted by atomic mass is 9.64. The maximum absolute atomic E-state index is 2.48. The van der Waals surface area contributed by atoms with Crippen LogP contribution < -0.4 is 9.80 Å². The van der Waals surface area contributed by atoms with Gasteiger partial charge in [0, 0.05) is 22.7 Å². The molecule has 0 amide bonds. The molecule has 0 fully saturated rings. The molecule has 0 aromatic heterocycles. The smallest absolute Gasteiger partial charge is 0.0755 e. The summed E-state index contributed by atoms with van der Waals surface area (Å²) >= 11 is 0. The lowest BCUT2D eigenvalue weighted by Crippen LogP contribution is -2.36. The fraction of sp³-hybridized carbons (Fsp3) is 0.0149. The van der Waals surface area contributed by atoms with Crippen molar-refractivity contribution >= 4 is 34.1 Å². The topological polar surface area (TPSA) is 6.48 Å². The molecule has 2 aliphatic rings. The van der Waals surface area contributed by atoms with Crippen molar-refractivity contribution in [2.45, 2.75) is 5.41 Å². The average Bonchev–Trinajstić information content (AvgIpc) is 3.72. The van der Waals surface area contributed by atoms with Crippen LogP contribution in [0.15, 0.2) is 279 Å². The predicted molar refractivity (Wildman–Crippen MR) is 288 cm³/mol. The first-order valence-electron chi connectivity index (χ1n) is 23.8.